The third-order valence-electron chi connectivity index (χ3n) is 6.07. The largest absolute Gasteiger partial charge is 0.378 e. The molecule has 9 heteroatoms. The van der Waals surface area contributed by atoms with E-state index in [0.29, 0.717) is 76.0 Å². The summed E-state index contributed by atoms with van der Waals surface area (Å²) in [6.07, 6.45) is 0.541. The zero-order valence-electron chi connectivity index (χ0n) is 16.4. The van der Waals surface area contributed by atoms with Gasteiger partial charge in [-0.15, -0.1) is 0 Å². The number of fused-ring (bicyclic) bond motifs is 1. The van der Waals surface area contributed by atoms with Crippen LogP contribution in [0.5, 0.6) is 0 Å². The lowest BCUT2D eigenvalue weighted by atomic mass is 9.88. The molecular weight excluding hydrogens is 362 g/mol. The van der Waals surface area contributed by atoms with Crippen molar-refractivity contribution in [3.8, 4) is 0 Å². The van der Waals surface area contributed by atoms with Crippen LogP contribution >= 0.6 is 0 Å². The lowest BCUT2D eigenvalue weighted by Crippen LogP contribution is -2.51. The lowest BCUT2D eigenvalue weighted by molar-refractivity contribution is -0.143. The van der Waals surface area contributed by atoms with Gasteiger partial charge in [0.1, 0.15) is 5.82 Å². The van der Waals surface area contributed by atoms with Gasteiger partial charge in [0.15, 0.2) is 0 Å². The molecule has 9 nitrogen and oxygen atoms in total. The predicted molar refractivity (Wildman–Crippen MR) is 100 cm³/mol. The van der Waals surface area contributed by atoms with E-state index in [1.165, 1.54) is 4.57 Å². The number of piperidine rings is 1. The van der Waals surface area contributed by atoms with Gasteiger partial charge in [-0.3, -0.25) is 19.0 Å². The van der Waals surface area contributed by atoms with Gasteiger partial charge in [-0.2, -0.15) is 0 Å². The Labute approximate surface area is 163 Å². The zero-order valence-corrected chi connectivity index (χ0v) is 16.4. The molecular formula is C19H27N5O4. The molecule has 28 heavy (non-hydrogen) atoms. The first kappa shape index (κ1) is 19.1. The van der Waals surface area contributed by atoms with Crippen LogP contribution in [0.25, 0.3) is 0 Å². The minimum Gasteiger partial charge on any atom is -0.378 e. The second kappa shape index (κ2) is 7.63. The number of carbonyl (C=O) groups is 2. The third-order valence-corrected chi connectivity index (χ3v) is 6.07. The number of morpholine rings is 1. The molecule has 2 unspecified atom stereocenters. The van der Waals surface area contributed by atoms with E-state index in [9.17, 15) is 14.4 Å². The molecule has 1 N–H and O–H groups in total. The summed E-state index contributed by atoms with van der Waals surface area (Å²) in [5.41, 5.74) is 1.21. The summed E-state index contributed by atoms with van der Waals surface area (Å²) in [7, 11) is 1.70. The van der Waals surface area contributed by atoms with E-state index in [1.54, 1.807) is 18.9 Å². The maximum Gasteiger partial charge on any atom is 0.258 e. The molecule has 4 rings (SSSR count). The topological polar surface area (TPSA) is 96.8 Å². The highest BCUT2D eigenvalue weighted by Crippen LogP contribution is 2.25. The van der Waals surface area contributed by atoms with E-state index in [4.69, 9.17) is 4.74 Å². The molecule has 3 aliphatic rings. The van der Waals surface area contributed by atoms with E-state index in [2.05, 4.69) is 10.3 Å². The summed E-state index contributed by atoms with van der Waals surface area (Å²) < 4.78 is 6.84. The van der Waals surface area contributed by atoms with Gasteiger partial charge >= 0.3 is 0 Å². The molecule has 1 aromatic heterocycles. The van der Waals surface area contributed by atoms with Crippen LogP contribution in [0.1, 0.15) is 23.5 Å². The fourth-order valence-corrected chi connectivity index (χ4v) is 4.30. The Hall–Kier alpha value is -2.26. The molecule has 3 aliphatic heterocycles. The molecule has 0 bridgehead atoms. The quantitative estimate of drug-likeness (QED) is 0.698. The number of hydrogen-bond acceptors (Lipinski definition) is 6. The first-order valence-electron chi connectivity index (χ1n) is 9.87. The molecule has 0 radical (unpaired) electrons. The molecule has 1 aromatic rings. The van der Waals surface area contributed by atoms with Crippen LogP contribution in [0.4, 0.5) is 0 Å². The number of nitrogens with one attached hydrogen (secondary N) is 1. The molecule has 2 saturated heterocycles. The molecule has 2 atom stereocenters. The molecule has 2 amide bonds. The van der Waals surface area contributed by atoms with Crippen molar-refractivity contribution in [3.63, 3.8) is 0 Å². The Balaban J connectivity index is 1.43. The second-order valence-electron chi connectivity index (χ2n) is 7.87. The summed E-state index contributed by atoms with van der Waals surface area (Å²) in [5.74, 6) is 0.282. The van der Waals surface area contributed by atoms with Crippen molar-refractivity contribution in [2.24, 2.45) is 18.9 Å². The molecule has 0 saturated carbocycles. The summed E-state index contributed by atoms with van der Waals surface area (Å²) >= 11 is 0. The van der Waals surface area contributed by atoms with Crippen molar-refractivity contribution in [1.82, 2.24) is 24.7 Å². The van der Waals surface area contributed by atoms with Gasteiger partial charge in [0.25, 0.3) is 5.56 Å². The fourth-order valence-electron chi connectivity index (χ4n) is 4.30. The number of aromatic nitrogens is 2. The molecule has 0 aromatic carbocycles. The van der Waals surface area contributed by atoms with Gasteiger partial charge in [0.2, 0.25) is 11.8 Å². The summed E-state index contributed by atoms with van der Waals surface area (Å²) in [4.78, 5) is 46.4. The highest BCUT2D eigenvalue weighted by Gasteiger charge is 2.37. The molecule has 4 heterocycles. The van der Waals surface area contributed by atoms with Crippen molar-refractivity contribution in [2.45, 2.75) is 26.4 Å². The van der Waals surface area contributed by atoms with Crippen molar-refractivity contribution in [1.29, 1.82) is 0 Å². The van der Waals surface area contributed by atoms with Crippen LogP contribution in [0.2, 0.25) is 0 Å². The lowest BCUT2D eigenvalue weighted by Gasteiger charge is -2.35. The number of aryl methyl sites for hydroxylation is 1. The van der Waals surface area contributed by atoms with Crippen molar-refractivity contribution >= 4 is 11.8 Å². The number of amides is 2. The van der Waals surface area contributed by atoms with Gasteiger partial charge in [0.05, 0.1) is 49.4 Å². The van der Waals surface area contributed by atoms with Crippen LogP contribution in [-0.2, 0) is 34.5 Å². The minimum absolute atomic E-state index is 0.00955. The van der Waals surface area contributed by atoms with Gasteiger partial charge in [-0.25, -0.2) is 4.98 Å². The van der Waals surface area contributed by atoms with Crippen LogP contribution in [0, 0.1) is 18.8 Å². The Morgan fingerprint density at radius 3 is 2.39 bits per heavy atom. The first-order chi connectivity index (χ1) is 13.5. The Bertz CT molecular complexity index is 845. The normalized spacial score (nSPS) is 24.9. The van der Waals surface area contributed by atoms with Crippen molar-refractivity contribution in [3.05, 3.63) is 27.4 Å². The minimum atomic E-state index is -0.261. The number of rotatable bonds is 2. The second-order valence-corrected chi connectivity index (χ2v) is 7.87. The highest BCUT2D eigenvalue weighted by molar-refractivity contribution is 5.83. The Morgan fingerprint density at radius 1 is 1.07 bits per heavy atom. The first-order valence-corrected chi connectivity index (χ1v) is 9.87. The SMILES string of the molecule is Cc1nc2c(c(=O)n1C)CN(C(=O)C1CNCC(C(=O)N3CCOCC3)C1)C2. The smallest absolute Gasteiger partial charge is 0.258 e. The Kier molecular flexibility index (Phi) is 5.20. The summed E-state index contributed by atoms with van der Waals surface area (Å²) in [6, 6.07) is 0. The summed E-state index contributed by atoms with van der Waals surface area (Å²) in [6.45, 7) is 5.98. The summed E-state index contributed by atoms with van der Waals surface area (Å²) in [5, 5.41) is 3.25. The third kappa shape index (κ3) is 3.44. The van der Waals surface area contributed by atoms with Gasteiger partial charge in [-0.1, -0.05) is 0 Å². The van der Waals surface area contributed by atoms with Crippen LogP contribution < -0.4 is 10.9 Å². The van der Waals surface area contributed by atoms with Crippen molar-refractivity contribution < 1.29 is 14.3 Å². The van der Waals surface area contributed by atoms with Crippen LogP contribution in [-0.4, -0.2) is 70.6 Å². The highest BCUT2D eigenvalue weighted by atomic mass is 16.5. The van der Waals surface area contributed by atoms with Gasteiger partial charge in [0, 0.05) is 33.2 Å². The predicted octanol–water partition coefficient (Wildman–Crippen LogP) is -0.985. The molecule has 0 aliphatic carbocycles. The maximum atomic E-state index is 13.1. The standard InChI is InChI=1S/C19H27N5O4/c1-12-21-16-11-24(10-15(16)19(27)22(12)2)18(26)14-7-13(8-20-9-14)17(25)23-3-5-28-6-4-23/h13-14,20H,3-11H2,1-2H3. The van der Waals surface area contributed by atoms with E-state index < -0.39 is 0 Å². The molecule has 0 spiro atoms. The van der Waals surface area contributed by atoms with Gasteiger partial charge < -0.3 is 19.9 Å². The number of carbonyl (C=O) groups excluding carboxylic acids is 2. The molecule has 152 valence electrons. The van der Waals surface area contributed by atoms with Crippen LogP contribution in [0.15, 0.2) is 4.79 Å². The van der Waals surface area contributed by atoms with E-state index in [0.717, 1.165) is 0 Å². The number of nitrogens with zero attached hydrogens (tertiary/aromatic N) is 4. The Morgan fingerprint density at radius 2 is 1.71 bits per heavy atom. The number of ether oxygens (including phenoxy) is 1. The van der Waals surface area contributed by atoms with Crippen LogP contribution in [0.3, 0.4) is 0 Å². The van der Waals surface area contributed by atoms with Crippen molar-refractivity contribution in [2.75, 3.05) is 39.4 Å². The van der Waals surface area contributed by atoms with E-state index in [-0.39, 0.29) is 29.2 Å². The number of hydrogen-bond donors (Lipinski definition) is 1. The monoisotopic (exact) mass is 389 g/mol. The average Bonchev–Trinajstić information content (AvgIpc) is 3.15. The average molecular weight is 389 g/mol. The van der Waals surface area contributed by atoms with Gasteiger partial charge in [-0.05, 0) is 13.3 Å². The maximum absolute atomic E-state index is 13.1. The fraction of sp³-hybridized carbons (Fsp3) is 0.684. The zero-order chi connectivity index (χ0) is 19.8. The van der Waals surface area contributed by atoms with E-state index >= 15 is 0 Å². The molecule has 2 fully saturated rings. The van der Waals surface area contributed by atoms with E-state index in [1.807, 2.05) is 4.90 Å².